The maximum absolute atomic E-state index is 10.4. The molecule has 4 nitrogen and oxygen atoms in total. The Morgan fingerprint density at radius 1 is 1.62 bits per heavy atom. The van der Waals surface area contributed by atoms with E-state index >= 15 is 0 Å². The molecule has 0 aliphatic carbocycles. The molecule has 1 rings (SSSR count). The highest BCUT2D eigenvalue weighted by Crippen LogP contribution is 2.15. The third kappa shape index (κ3) is 2.48. The van der Waals surface area contributed by atoms with E-state index in [-0.39, 0.29) is 5.69 Å². The first-order valence-corrected chi connectivity index (χ1v) is 4.94. The van der Waals surface area contributed by atoms with Crippen LogP contribution in [0, 0.1) is 17.0 Å². The first-order chi connectivity index (χ1) is 6.15. The Hall–Kier alpha value is -0.970. The van der Waals surface area contributed by atoms with E-state index in [1.807, 2.05) is 0 Å². The molecule has 0 aliphatic heterocycles. The van der Waals surface area contributed by atoms with Gasteiger partial charge in [-0.3, -0.25) is 15.1 Å². The van der Waals surface area contributed by atoms with Crippen molar-refractivity contribution >= 4 is 21.6 Å². The lowest BCUT2D eigenvalue weighted by Gasteiger charge is -1.99. The topological polar surface area (TPSA) is 56.0 Å². The van der Waals surface area contributed by atoms with Gasteiger partial charge in [-0.15, -0.1) is 0 Å². The number of aryl methyl sites for hydroxylation is 2. The second-order valence-corrected chi connectivity index (χ2v) is 3.40. The summed E-state index contributed by atoms with van der Waals surface area (Å²) in [4.78, 5) is 14.1. The number of nitro groups is 1. The standard InChI is InChI=1S/C8H9BrN2O2/c1-6-8(11(12)13)3-2-7(10-6)4-5-9/h2-3H,4-5H2,1H3. The zero-order valence-corrected chi connectivity index (χ0v) is 8.74. The Bertz CT molecular complexity index is 328. The van der Waals surface area contributed by atoms with Gasteiger partial charge in [0.25, 0.3) is 5.69 Å². The molecule has 0 N–H and O–H groups in total. The second-order valence-electron chi connectivity index (χ2n) is 2.60. The van der Waals surface area contributed by atoms with Gasteiger partial charge in [0.05, 0.1) is 4.92 Å². The Morgan fingerprint density at radius 2 is 2.31 bits per heavy atom. The summed E-state index contributed by atoms with van der Waals surface area (Å²) in [5, 5.41) is 11.3. The predicted molar refractivity (Wildman–Crippen MR) is 53.1 cm³/mol. The summed E-state index contributed by atoms with van der Waals surface area (Å²) >= 11 is 3.28. The minimum Gasteiger partial charge on any atom is -0.258 e. The van der Waals surface area contributed by atoms with E-state index in [0.717, 1.165) is 17.4 Å². The van der Waals surface area contributed by atoms with Crippen LogP contribution in [0.3, 0.4) is 0 Å². The lowest BCUT2D eigenvalue weighted by molar-refractivity contribution is -0.385. The summed E-state index contributed by atoms with van der Waals surface area (Å²) in [5.74, 6) is 0. The minimum atomic E-state index is -0.416. The van der Waals surface area contributed by atoms with E-state index in [4.69, 9.17) is 0 Å². The molecule has 70 valence electrons. The highest BCUT2D eigenvalue weighted by atomic mass is 79.9. The SMILES string of the molecule is Cc1nc(CCBr)ccc1[N+](=O)[O-]. The smallest absolute Gasteiger partial charge is 0.258 e. The Kier molecular flexibility index (Phi) is 3.36. The molecule has 0 saturated carbocycles. The van der Waals surface area contributed by atoms with Crippen LogP contribution in [0.5, 0.6) is 0 Å². The fraction of sp³-hybridized carbons (Fsp3) is 0.375. The lowest BCUT2D eigenvalue weighted by atomic mass is 10.2. The summed E-state index contributed by atoms with van der Waals surface area (Å²) in [6, 6.07) is 3.19. The van der Waals surface area contributed by atoms with Gasteiger partial charge in [-0.1, -0.05) is 15.9 Å². The maximum Gasteiger partial charge on any atom is 0.290 e. The fourth-order valence-corrected chi connectivity index (χ4v) is 1.44. The van der Waals surface area contributed by atoms with Crippen molar-refractivity contribution in [2.45, 2.75) is 13.3 Å². The van der Waals surface area contributed by atoms with E-state index in [0.29, 0.717) is 5.69 Å². The van der Waals surface area contributed by atoms with Crippen molar-refractivity contribution in [1.82, 2.24) is 4.98 Å². The van der Waals surface area contributed by atoms with Gasteiger partial charge >= 0.3 is 0 Å². The van der Waals surface area contributed by atoms with Gasteiger partial charge in [0, 0.05) is 17.1 Å². The van der Waals surface area contributed by atoms with E-state index in [9.17, 15) is 10.1 Å². The fourth-order valence-electron chi connectivity index (χ4n) is 1.03. The summed E-state index contributed by atoms with van der Waals surface area (Å²) < 4.78 is 0. The number of alkyl halides is 1. The normalized spacial score (nSPS) is 10.0. The number of pyridine rings is 1. The molecule has 0 unspecified atom stereocenters. The lowest BCUT2D eigenvalue weighted by Crippen LogP contribution is -1.98. The molecule has 0 spiro atoms. The summed E-state index contributed by atoms with van der Waals surface area (Å²) in [6.07, 6.45) is 0.791. The number of halogens is 1. The van der Waals surface area contributed by atoms with E-state index < -0.39 is 4.92 Å². The van der Waals surface area contributed by atoms with E-state index in [1.54, 1.807) is 13.0 Å². The van der Waals surface area contributed by atoms with Gasteiger partial charge in [0.2, 0.25) is 0 Å². The number of nitrogens with zero attached hydrogens (tertiary/aromatic N) is 2. The first-order valence-electron chi connectivity index (χ1n) is 3.82. The maximum atomic E-state index is 10.4. The van der Waals surface area contributed by atoms with Crippen molar-refractivity contribution < 1.29 is 4.92 Å². The van der Waals surface area contributed by atoms with Crippen LogP contribution in [0.25, 0.3) is 0 Å². The summed E-state index contributed by atoms with van der Waals surface area (Å²) in [7, 11) is 0. The van der Waals surface area contributed by atoms with Crippen molar-refractivity contribution in [3.63, 3.8) is 0 Å². The van der Waals surface area contributed by atoms with E-state index in [1.165, 1.54) is 6.07 Å². The van der Waals surface area contributed by atoms with Crippen LogP contribution < -0.4 is 0 Å². The zero-order valence-electron chi connectivity index (χ0n) is 7.16. The largest absolute Gasteiger partial charge is 0.290 e. The molecule has 1 heterocycles. The number of rotatable bonds is 3. The highest BCUT2D eigenvalue weighted by molar-refractivity contribution is 9.09. The molecule has 1 aromatic rings. The Morgan fingerprint density at radius 3 is 2.77 bits per heavy atom. The Balaban J connectivity index is 2.98. The average Bonchev–Trinajstić information content (AvgIpc) is 2.04. The van der Waals surface area contributed by atoms with Crippen molar-refractivity contribution in [3.05, 3.63) is 33.6 Å². The monoisotopic (exact) mass is 244 g/mol. The van der Waals surface area contributed by atoms with Gasteiger partial charge in [-0.05, 0) is 19.4 Å². The molecule has 0 radical (unpaired) electrons. The highest BCUT2D eigenvalue weighted by Gasteiger charge is 2.10. The van der Waals surface area contributed by atoms with Crippen molar-refractivity contribution in [2.75, 3.05) is 5.33 Å². The molecule has 0 saturated heterocycles. The number of hydrogen-bond acceptors (Lipinski definition) is 3. The summed E-state index contributed by atoms with van der Waals surface area (Å²) in [6.45, 7) is 1.65. The predicted octanol–water partition coefficient (Wildman–Crippen LogP) is 2.24. The quantitative estimate of drug-likeness (QED) is 0.466. The summed E-state index contributed by atoms with van der Waals surface area (Å²) in [5.41, 5.74) is 1.43. The molecule has 0 atom stereocenters. The van der Waals surface area contributed by atoms with Crippen LogP contribution in [0.2, 0.25) is 0 Å². The molecule has 0 fully saturated rings. The van der Waals surface area contributed by atoms with Crippen LogP contribution in [-0.4, -0.2) is 15.2 Å². The molecule has 5 heteroatoms. The minimum absolute atomic E-state index is 0.0818. The molecule has 13 heavy (non-hydrogen) atoms. The van der Waals surface area contributed by atoms with Crippen LogP contribution >= 0.6 is 15.9 Å². The van der Waals surface area contributed by atoms with Crippen molar-refractivity contribution in [3.8, 4) is 0 Å². The Labute approximate surface area is 84.3 Å². The zero-order chi connectivity index (χ0) is 9.84. The van der Waals surface area contributed by atoms with Crippen LogP contribution in [0.15, 0.2) is 12.1 Å². The number of hydrogen-bond donors (Lipinski definition) is 0. The molecular weight excluding hydrogens is 236 g/mol. The molecular formula is C8H9BrN2O2. The van der Waals surface area contributed by atoms with Gasteiger partial charge in [0.15, 0.2) is 0 Å². The third-order valence-corrected chi connectivity index (χ3v) is 2.06. The second kappa shape index (κ2) is 4.32. The van der Waals surface area contributed by atoms with Crippen LogP contribution in [0.1, 0.15) is 11.4 Å². The van der Waals surface area contributed by atoms with Crippen LogP contribution in [0.4, 0.5) is 5.69 Å². The third-order valence-electron chi connectivity index (χ3n) is 1.66. The molecule has 0 aromatic carbocycles. The van der Waals surface area contributed by atoms with Crippen molar-refractivity contribution in [1.29, 1.82) is 0 Å². The molecule has 0 amide bonds. The molecule has 0 bridgehead atoms. The van der Waals surface area contributed by atoms with E-state index in [2.05, 4.69) is 20.9 Å². The molecule has 1 aromatic heterocycles. The number of aromatic nitrogens is 1. The average molecular weight is 245 g/mol. The molecule has 0 aliphatic rings. The first kappa shape index (κ1) is 10.1. The van der Waals surface area contributed by atoms with Crippen molar-refractivity contribution in [2.24, 2.45) is 0 Å². The van der Waals surface area contributed by atoms with Crippen LogP contribution in [-0.2, 0) is 6.42 Å². The van der Waals surface area contributed by atoms with Gasteiger partial charge < -0.3 is 0 Å². The van der Waals surface area contributed by atoms with Gasteiger partial charge in [-0.2, -0.15) is 0 Å². The van der Waals surface area contributed by atoms with Gasteiger partial charge in [0.1, 0.15) is 5.69 Å². The van der Waals surface area contributed by atoms with Gasteiger partial charge in [-0.25, -0.2) is 0 Å².